The number of unbranched alkanes of at least 4 members (excludes halogenated alkanes) is 12. The van der Waals surface area contributed by atoms with Gasteiger partial charge >= 0.3 is 9.17 Å². The first-order valence-electron chi connectivity index (χ1n) is 12.5. The third kappa shape index (κ3) is 27.8. The Kier molecular flexibility index (Phi) is 23.5. The highest BCUT2D eigenvalue weighted by Gasteiger charge is 2.18. The molecule has 0 aliphatic heterocycles. The lowest BCUT2D eigenvalue weighted by Gasteiger charge is -2.27. The molecule has 6 heteroatoms. The van der Waals surface area contributed by atoms with Gasteiger partial charge in [-0.3, -0.25) is 9.04 Å². The average molecular weight is 463 g/mol. The van der Waals surface area contributed by atoms with Gasteiger partial charge in [0, 0.05) is 0 Å². The van der Waals surface area contributed by atoms with E-state index in [1.807, 2.05) is 0 Å². The monoisotopic (exact) mass is 462 g/mol. The largest absolute Gasteiger partial charge is 0.797 e. The molecule has 182 valence electrons. The summed E-state index contributed by atoms with van der Waals surface area (Å²) < 4.78 is 17.1. The summed E-state index contributed by atoms with van der Waals surface area (Å²) in [7, 11) is -2.49. The SMILES string of the molecule is CC(C)CCCCCCCCCCCCCCCC(C)C(C)(C)C.O=[Si](O)OO[SiH3]. The van der Waals surface area contributed by atoms with Crippen LogP contribution >= 0.6 is 0 Å². The molecule has 1 atom stereocenters. The normalized spacial score (nSPS) is 12.5. The maximum Gasteiger partial charge on any atom is 0.797 e. The Balaban J connectivity index is 0. The van der Waals surface area contributed by atoms with E-state index in [9.17, 15) is 4.46 Å². The zero-order chi connectivity index (χ0) is 23.3. The van der Waals surface area contributed by atoms with E-state index in [1.165, 1.54) is 96.3 Å². The van der Waals surface area contributed by atoms with Crippen molar-refractivity contribution in [1.82, 2.24) is 0 Å². The Morgan fingerprint density at radius 1 is 0.733 bits per heavy atom. The Morgan fingerprint density at radius 2 is 1.07 bits per heavy atom. The van der Waals surface area contributed by atoms with E-state index in [-0.39, 0.29) is 0 Å². The number of rotatable bonds is 18. The molecule has 0 aromatic heterocycles. The van der Waals surface area contributed by atoms with Gasteiger partial charge in [-0.2, -0.15) is 0 Å². The van der Waals surface area contributed by atoms with Gasteiger partial charge in [-0.05, 0) is 17.3 Å². The molecule has 0 aliphatic carbocycles. The summed E-state index contributed by atoms with van der Waals surface area (Å²) in [6.07, 6.45) is 21.9. The highest BCUT2D eigenvalue weighted by molar-refractivity contribution is 6.24. The van der Waals surface area contributed by atoms with Gasteiger partial charge in [0.05, 0.1) is 0 Å². The lowest BCUT2D eigenvalue weighted by molar-refractivity contribution is -0.119. The standard InChI is InChI=1S/C24H50.H4O4Si2/c1-22(2)20-18-16-14-12-10-8-7-9-11-13-15-17-19-21-23(3)24(4,5)6;1-6(2)4-3-5/h22-23H,7-21H2,1-6H3;1H,5H3. The van der Waals surface area contributed by atoms with Gasteiger partial charge in [-0.15, -0.1) is 0 Å². The summed E-state index contributed by atoms with van der Waals surface area (Å²) in [5.74, 6) is 1.76. The van der Waals surface area contributed by atoms with Crippen LogP contribution in [0.15, 0.2) is 0 Å². The van der Waals surface area contributed by atoms with E-state index < -0.39 is 9.17 Å². The minimum absolute atomic E-state index is 0.330. The van der Waals surface area contributed by atoms with Crippen LogP contribution in [0.5, 0.6) is 0 Å². The molecule has 0 aliphatic rings. The average Bonchev–Trinajstić information content (AvgIpc) is 2.64. The van der Waals surface area contributed by atoms with E-state index in [2.05, 4.69) is 50.7 Å². The van der Waals surface area contributed by atoms with Crippen LogP contribution in [0.4, 0.5) is 0 Å². The Labute approximate surface area is 193 Å². The fourth-order valence-electron chi connectivity index (χ4n) is 3.45. The molecule has 0 saturated carbocycles. The lowest BCUT2D eigenvalue weighted by atomic mass is 9.79. The van der Waals surface area contributed by atoms with Crippen LogP contribution in [0, 0.1) is 17.3 Å². The van der Waals surface area contributed by atoms with Gasteiger partial charge in [-0.25, -0.2) is 0 Å². The summed E-state index contributed by atoms with van der Waals surface area (Å²) in [6.45, 7) is 14.2. The van der Waals surface area contributed by atoms with Gasteiger partial charge in [-0.1, -0.05) is 138 Å². The van der Waals surface area contributed by atoms with Crippen LogP contribution in [0.25, 0.3) is 0 Å². The number of hydrogen-bond donors (Lipinski definition) is 1. The van der Waals surface area contributed by atoms with Crippen molar-refractivity contribution in [2.75, 3.05) is 0 Å². The van der Waals surface area contributed by atoms with Crippen LogP contribution in [-0.2, 0) is 13.6 Å². The highest BCUT2D eigenvalue weighted by atomic mass is 28.3. The Hall–Kier alpha value is -0.206. The first kappa shape index (κ1) is 32.0. The molecule has 1 unspecified atom stereocenters. The fraction of sp³-hybridized carbons (Fsp3) is 1.00. The molecule has 0 heterocycles. The molecule has 0 fully saturated rings. The highest BCUT2D eigenvalue weighted by Crippen LogP contribution is 2.29. The molecule has 0 aromatic carbocycles. The first-order chi connectivity index (χ1) is 14.1. The Bertz CT molecular complexity index is 371. The van der Waals surface area contributed by atoms with Crippen molar-refractivity contribution in [2.24, 2.45) is 17.3 Å². The van der Waals surface area contributed by atoms with Gasteiger partial charge in [0.1, 0.15) is 0 Å². The van der Waals surface area contributed by atoms with Crippen LogP contribution in [0.3, 0.4) is 0 Å². The van der Waals surface area contributed by atoms with Crippen LogP contribution < -0.4 is 0 Å². The molecule has 4 nitrogen and oxygen atoms in total. The Morgan fingerprint density at radius 3 is 1.30 bits per heavy atom. The first-order valence-corrected chi connectivity index (χ1v) is 14.6. The van der Waals surface area contributed by atoms with Crippen molar-refractivity contribution < 1.29 is 18.4 Å². The van der Waals surface area contributed by atoms with Gasteiger partial charge in [0.2, 0.25) is 10.5 Å². The molecule has 0 radical (unpaired) electrons. The molecule has 1 N–H and O–H groups in total. The molecule has 0 bridgehead atoms. The second-order valence-electron chi connectivity index (χ2n) is 10.4. The predicted octanol–water partition coefficient (Wildman–Crippen LogP) is 6.80. The zero-order valence-corrected chi connectivity index (χ0v) is 24.4. The maximum absolute atomic E-state index is 9.46. The summed E-state index contributed by atoms with van der Waals surface area (Å²) in [5.41, 5.74) is 0.494. The molecule has 0 aromatic rings. The van der Waals surface area contributed by atoms with Crippen molar-refractivity contribution in [3.63, 3.8) is 0 Å². The van der Waals surface area contributed by atoms with Crippen molar-refractivity contribution in [3.05, 3.63) is 0 Å². The smallest absolute Gasteiger partial charge is 0.510 e. The molecule has 30 heavy (non-hydrogen) atoms. The van der Waals surface area contributed by atoms with Crippen molar-refractivity contribution in [2.45, 2.75) is 138 Å². The van der Waals surface area contributed by atoms with Gasteiger partial charge < -0.3 is 9.37 Å². The predicted molar refractivity (Wildman–Crippen MR) is 133 cm³/mol. The van der Waals surface area contributed by atoms with Crippen LogP contribution in [0.2, 0.25) is 0 Å². The zero-order valence-electron chi connectivity index (χ0n) is 21.4. The van der Waals surface area contributed by atoms with Gasteiger partial charge in [0.25, 0.3) is 0 Å². The molecular formula is C24H54O4Si2. The lowest BCUT2D eigenvalue weighted by Crippen LogP contribution is -2.16. The summed E-state index contributed by atoms with van der Waals surface area (Å²) in [4.78, 5) is 7.77. The van der Waals surface area contributed by atoms with E-state index in [4.69, 9.17) is 4.80 Å². The molecule has 0 spiro atoms. The van der Waals surface area contributed by atoms with E-state index >= 15 is 0 Å². The van der Waals surface area contributed by atoms with Crippen molar-refractivity contribution in [1.29, 1.82) is 0 Å². The fourth-order valence-corrected chi connectivity index (χ4v) is 4.02. The minimum atomic E-state index is -2.82. The summed E-state index contributed by atoms with van der Waals surface area (Å²) in [6, 6.07) is 0. The van der Waals surface area contributed by atoms with Crippen molar-refractivity contribution >= 4 is 19.7 Å². The minimum Gasteiger partial charge on any atom is -0.510 e. The van der Waals surface area contributed by atoms with E-state index in [1.54, 1.807) is 0 Å². The third-order valence-corrected chi connectivity index (χ3v) is 6.86. The molecular weight excluding hydrogens is 408 g/mol. The van der Waals surface area contributed by atoms with Crippen molar-refractivity contribution in [3.8, 4) is 0 Å². The van der Waals surface area contributed by atoms with Gasteiger partial charge in [0.15, 0.2) is 0 Å². The molecule has 0 amide bonds. The second-order valence-corrected chi connectivity index (χ2v) is 11.4. The van der Waals surface area contributed by atoms with Crippen LogP contribution in [0.1, 0.15) is 138 Å². The maximum atomic E-state index is 9.46. The number of hydrogen-bond acceptors (Lipinski definition) is 3. The quantitative estimate of drug-likeness (QED) is 0.105. The molecule has 0 saturated heterocycles. The second kappa shape index (κ2) is 22.0. The molecule has 0 rings (SSSR count). The topological polar surface area (TPSA) is 55.8 Å². The van der Waals surface area contributed by atoms with E-state index in [0.29, 0.717) is 15.9 Å². The van der Waals surface area contributed by atoms with Crippen LogP contribution in [-0.4, -0.2) is 24.5 Å². The van der Waals surface area contributed by atoms with E-state index in [0.717, 1.165) is 11.8 Å². The summed E-state index contributed by atoms with van der Waals surface area (Å²) >= 11 is 0. The third-order valence-electron chi connectivity index (χ3n) is 6.05. The summed E-state index contributed by atoms with van der Waals surface area (Å²) in [5, 5.41) is 0.